The van der Waals surface area contributed by atoms with Gasteiger partial charge in [-0.2, -0.15) is 5.26 Å². The van der Waals surface area contributed by atoms with Gasteiger partial charge in [0.15, 0.2) is 17.4 Å². The topological polar surface area (TPSA) is 94.9 Å². The van der Waals surface area contributed by atoms with E-state index in [9.17, 15) is 17.2 Å². The van der Waals surface area contributed by atoms with Crippen LogP contribution in [-0.2, 0) is 14.8 Å². The molecule has 2 aromatic rings. The van der Waals surface area contributed by atoms with Crippen molar-refractivity contribution in [2.75, 3.05) is 52.4 Å². The van der Waals surface area contributed by atoms with Crippen molar-refractivity contribution in [1.29, 1.82) is 5.26 Å². The van der Waals surface area contributed by atoms with E-state index >= 15 is 0 Å². The van der Waals surface area contributed by atoms with Crippen molar-refractivity contribution in [2.24, 2.45) is 0 Å². The van der Waals surface area contributed by atoms with Crippen molar-refractivity contribution < 1.29 is 26.7 Å². The molecule has 0 amide bonds. The quantitative estimate of drug-likeness (QED) is 0.493. The molecule has 2 aliphatic rings. The SMILES string of the molecule is N#Cc1ccc(S(=O)(=O)NCCCN2CC3CN(CCOc4c(F)cccc4F)CC(C2)O3)cc1. The van der Waals surface area contributed by atoms with E-state index < -0.39 is 21.7 Å². The summed E-state index contributed by atoms with van der Waals surface area (Å²) in [6.45, 7) is 4.63. The molecule has 0 aliphatic carbocycles. The van der Waals surface area contributed by atoms with Crippen LogP contribution >= 0.6 is 0 Å². The standard InChI is InChI=1S/C24H28F2N4O4S/c25-22-3-1-4-23(26)24(22)33-12-11-30-16-19-14-29(15-20(17-30)34-19)10-2-9-28-35(31,32)21-7-5-18(13-27)6-8-21/h1,3-8,19-20,28H,2,9-12,14-17H2. The first-order chi connectivity index (χ1) is 16.8. The zero-order chi connectivity index (χ0) is 24.8. The Hall–Kier alpha value is -2.62. The highest BCUT2D eigenvalue weighted by Gasteiger charge is 2.34. The summed E-state index contributed by atoms with van der Waals surface area (Å²) in [4.78, 5) is 4.59. The molecule has 4 rings (SSSR count). The van der Waals surface area contributed by atoms with Gasteiger partial charge < -0.3 is 9.47 Å². The van der Waals surface area contributed by atoms with E-state index in [1.54, 1.807) is 0 Å². The maximum atomic E-state index is 13.7. The summed E-state index contributed by atoms with van der Waals surface area (Å²) in [5.74, 6) is -1.76. The van der Waals surface area contributed by atoms with Crippen LogP contribution in [0.4, 0.5) is 8.78 Å². The van der Waals surface area contributed by atoms with Gasteiger partial charge in [0.25, 0.3) is 0 Å². The fourth-order valence-electron chi connectivity index (χ4n) is 4.42. The highest BCUT2D eigenvalue weighted by molar-refractivity contribution is 7.89. The second kappa shape index (κ2) is 11.4. The van der Waals surface area contributed by atoms with Crippen molar-refractivity contribution in [3.05, 3.63) is 59.7 Å². The van der Waals surface area contributed by atoms with Crippen LogP contribution in [0.3, 0.4) is 0 Å². The number of halogens is 2. The van der Waals surface area contributed by atoms with Crippen LogP contribution < -0.4 is 9.46 Å². The van der Waals surface area contributed by atoms with Crippen molar-refractivity contribution in [3.8, 4) is 11.8 Å². The molecule has 2 saturated heterocycles. The van der Waals surface area contributed by atoms with Gasteiger partial charge in [0.2, 0.25) is 10.0 Å². The molecule has 188 valence electrons. The number of para-hydroxylation sites is 1. The van der Waals surface area contributed by atoms with Crippen molar-refractivity contribution in [3.63, 3.8) is 0 Å². The molecule has 35 heavy (non-hydrogen) atoms. The number of rotatable bonds is 10. The Morgan fingerprint density at radius 1 is 1.00 bits per heavy atom. The molecule has 0 aromatic heterocycles. The van der Waals surface area contributed by atoms with E-state index in [1.807, 2.05) is 6.07 Å². The molecule has 2 aliphatic heterocycles. The highest BCUT2D eigenvalue weighted by Crippen LogP contribution is 2.22. The van der Waals surface area contributed by atoms with Crippen LogP contribution in [0.5, 0.6) is 5.75 Å². The fourth-order valence-corrected chi connectivity index (χ4v) is 5.50. The van der Waals surface area contributed by atoms with E-state index in [1.165, 1.54) is 42.5 Å². The largest absolute Gasteiger partial charge is 0.486 e. The predicted molar refractivity (Wildman–Crippen MR) is 124 cm³/mol. The molecule has 2 fully saturated rings. The van der Waals surface area contributed by atoms with Gasteiger partial charge in [0.05, 0.1) is 28.7 Å². The molecule has 0 spiro atoms. The van der Waals surface area contributed by atoms with Crippen LogP contribution in [0, 0.1) is 23.0 Å². The Morgan fingerprint density at radius 2 is 1.60 bits per heavy atom. The first-order valence-electron chi connectivity index (χ1n) is 11.5. The summed E-state index contributed by atoms with van der Waals surface area (Å²) < 4.78 is 66.2. The molecule has 2 aromatic carbocycles. The average Bonchev–Trinajstić information content (AvgIpc) is 2.83. The van der Waals surface area contributed by atoms with Crippen molar-refractivity contribution >= 4 is 10.0 Å². The number of morpholine rings is 2. The Morgan fingerprint density at radius 3 is 2.20 bits per heavy atom. The van der Waals surface area contributed by atoms with Gasteiger partial charge in [-0.05, 0) is 49.4 Å². The lowest BCUT2D eigenvalue weighted by Gasteiger charge is -2.45. The van der Waals surface area contributed by atoms with Crippen LogP contribution in [0.1, 0.15) is 12.0 Å². The number of ether oxygens (including phenoxy) is 2. The molecule has 2 unspecified atom stereocenters. The summed E-state index contributed by atoms with van der Waals surface area (Å²) in [6.07, 6.45) is 0.687. The van der Waals surface area contributed by atoms with E-state index in [-0.39, 0.29) is 29.5 Å². The lowest BCUT2D eigenvalue weighted by atomic mass is 10.1. The fraction of sp³-hybridized carbons (Fsp3) is 0.458. The van der Waals surface area contributed by atoms with Crippen LogP contribution in [0.15, 0.2) is 47.4 Å². The van der Waals surface area contributed by atoms with Gasteiger partial charge in [-0.1, -0.05) is 6.07 Å². The molecule has 1 N–H and O–H groups in total. The minimum Gasteiger partial charge on any atom is -0.486 e. The highest BCUT2D eigenvalue weighted by atomic mass is 32.2. The summed E-state index contributed by atoms with van der Waals surface area (Å²) in [5.41, 5.74) is 0.409. The van der Waals surface area contributed by atoms with E-state index in [4.69, 9.17) is 14.7 Å². The molecular formula is C24H28F2N4O4S. The first kappa shape index (κ1) is 25.5. The molecule has 0 radical (unpaired) electrons. The minimum absolute atomic E-state index is 0.0167. The Kier molecular flexibility index (Phi) is 8.30. The average molecular weight is 507 g/mol. The van der Waals surface area contributed by atoms with Gasteiger partial charge in [-0.3, -0.25) is 9.80 Å². The number of sulfonamides is 1. The van der Waals surface area contributed by atoms with Crippen molar-refractivity contribution in [2.45, 2.75) is 23.5 Å². The lowest BCUT2D eigenvalue weighted by molar-refractivity contribution is -0.139. The monoisotopic (exact) mass is 506 g/mol. The molecular weight excluding hydrogens is 478 g/mol. The molecule has 11 heteroatoms. The maximum absolute atomic E-state index is 13.7. The first-order valence-corrected chi connectivity index (χ1v) is 13.0. The zero-order valence-electron chi connectivity index (χ0n) is 19.2. The van der Waals surface area contributed by atoms with Gasteiger partial charge in [-0.15, -0.1) is 0 Å². The van der Waals surface area contributed by atoms with Crippen LogP contribution in [0.25, 0.3) is 0 Å². The molecule has 2 atom stereocenters. The predicted octanol–water partition coefficient (Wildman–Crippen LogP) is 1.97. The normalized spacial score (nSPS) is 20.9. The zero-order valence-corrected chi connectivity index (χ0v) is 20.0. The maximum Gasteiger partial charge on any atom is 0.240 e. The van der Waals surface area contributed by atoms with E-state index in [2.05, 4.69) is 14.5 Å². The number of fused-ring (bicyclic) bond motifs is 2. The third kappa shape index (κ3) is 6.74. The smallest absolute Gasteiger partial charge is 0.240 e. The number of nitriles is 1. The second-order valence-electron chi connectivity index (χ2n) is 8.69. The number of nitrogens with one attached hydrogen (secondary N) is 1. The number of benzene rings is 2. The number of nitrogens with zero attached hydrogens (tertiary/aromatic N) is 3. The Labute approximate surface area is 204 Å². The van der Waals surface area contributed by atoms with Gasteiger partial charge in [0, 0.05) is 39.3 Å². The molecule has 2 bridgehead atoms. The number of hydrogen-bond donors (Lipinski definition) is 1. The second-order valence-corrected chi connectivity index (χ2v) is 10.5. The van der Waals surface area contributed by atoms with Crippen LogP contribution in [0.2, 0.25) is 0 Å². The van der Waals surface area contributed by atoms with Crippen molar-refractivity contribution in [1.82, 2.24) is 14.5 Å². The summed E-state index contributed by atoms with van der Waals surface area (Å²) in [6, 6.07) is 11.4. The molecule has 2 heterocycles. The molecule has 8 nitrogen and oxygen atoms in total. The van der Waals surface area contributed by atoms with E-state index in [0.717, 1.165) is 19.6 Å². The van der Waals surface area contributed by atoms with Gasteiger partial charge in [-0.25, -0.2) is 21.9 Å². The summed E-state index contributed by atoms with van der Waals surface area (Å²) >= 11 is 0. The minimum atomic E-state index is -3.61. The van der Waals surface area contributed by atoms with E-state index in [0.29, 0.717) is 38.2 Å². The Balaban J connectivity index is 1.17. The van der Waals surface area contributed by atoms with Gasteiger partial charge in [0.1, 0.15) is 6.61 Å². The summed E-state index contributed by atoms with van der Waals surface area (Å²) in [7, 11) is -3.61. The Bertz CT molecular complexity index is 1120. The third-order valence-electron chi connectivity index (χ3n) is 6.04. The number of hydrogen-bond acceptors (Lipinski definition) is 7. The third-order valence-corrected chi connectivity index (χ3v) is 7.52. The molecule has 0 saturated carbocycles. The van der Waals surface area contributed by atoms with Crippen LogP contribution in [-0.4, -0.2) is 82.8 Å². The van der Waals surface area contributed by atoms with Gasteiger partial charge >= 0.3 is 0 Å². The lowest BCUT2D eigenvalue weighted by Crippen LogP contribution is -2.60. The summed E-state index contributed by atoms with van der Waals surface area (Å²) in [5, 5.41) is 8.84.